The number of carbonyl (C=O) groups is 2. The zero-order chi connectivity index (χ0) is 16.5. The number of hydrogen-bond donors (Lipinski definition) is 2. The van der Waals surface area contributed by atoms with Crippen LogP contribution in [0, 0.1) is 6.92 Å². The van der Waals surface area contributed by atoms with Gasteiger partial charge in [0, 0.05) is 10.4 Å². The van der Waals surface area contributed by atoms with Crippen LogP contribution in [0.15, 0.2) is 30.3 Å². The van der Waals surface area contributed by atoms with Crippen LogP contribution >= 0.6 is 11.3 Å². The predicted octanol–water partition coefficient (Wildman–Crippen LogP) is 3.80. The van der Waals surface area contributed by atoms with E-state index in [4.69, 9.17) is 5.73 Å². The fourth-order valence-electron chi connectivity index (χ4n) is 1.88. The molecule has 2 aromatic rings. The number of nitrogens with two attached hydrogens (primary N) is 1. The second kappa shape index (κ2) is 5.80. The molecular formula is C14H11F3N2O2S. The molecule has 0 aliphatic rings. The number of urea groups is 1. The summed E-state index contributed by atoms with van der Waals surface area (Å²) in [6.45, 7) is 1.71. The van der Waals surface area contributed by atoms with E-state index in [-0.39, 0.29) is 16.1 Å². The molecule has 1 aromatic heterocycles. The van der Waals surface area contributed by atoms with Crippen LogP contribution in [-0.2, 0) is 6.18 Å². The molecule has 3 N–H and O–H groups in total. The molecular weight excluding hydrogens is 317 g/mol. The predicted molar refractivity (Wildman–Crippen MR) is 77.1 cm³/mol. The van der Waals surface area contributed by atoms with E-state index in [2.05, 4.69) is 5.32 Å². The van der Waals surface area contributed by atoms with Crippen LogP contribution in [0.2, 0.25) is 0 Å². The lowest BCUT2D eigenvalue weighted by Gasteiger charge is -2.08. The third-order valence-corrected chi connectivity index (χ3v) is 3.75. The Morgan fingerprint density at radius 1 is 1.23 bits per heavy atom. The number of halogens is 3. The second-order valence-electron chi connectivity index (χ2n) is 4.50. The Balaban J connectivity index is 2.42. The maximum atomic E-state index is 12.7. The molecule has 22 heavy (non-hydrogen) atoms. The van der Waals surface area contributed by atoms with Crippen LogP contribution in [0.5, 0.6) is 0 Å². The number of thiophene rings is 1. The van der Waals surface area contributed by atoms with Gasteiger partial charge in [-0.2, -0.15) is 13.2 Å². The maximum Gasteiger partial charge on any atom is 0.416 e. The van der Waals surface area contributed by atoms with Crippen molar-refractivity contribution in [2.75, 3.05) is 5.32 Å². The van der Waals surface area contributed by atoms with Crippen molar-refractivity contribution in [2.45, 2.75) is 13.1 Å². The molecule has 4 nitrogen and oxygen atoms in total. The van der Waals surface area contributed by atoms with Crippen molar-refractivity contribution in [1.29, 1.82) is 0 Å². The van der Waals surface area contributed by atoms with Crippen LogP contribution in [0.4, 0.5) is 23.0 Å². The zero-order valence-electron chi connectivity index (χ0n) is 11.3. The number of anilines is 1. The van der Waals surface area contributed by atoms with E-state index in [9.17, 15) is 22.8 Å². The molecule has 116 valence electrons. The molecule has 0 radical (unpaired) electrons. The molecule has 0 bridgehead atoms. The Morgan fingerprint density at radius 3 is 2.50 bits per heavy atom. The molecule has 0 saturated heterocycles. The first-order valence-electron chi connectivity index (χ1n) is 6.07. The van der Waals surface area contributed by atoms with Gasteiger partial charge in [0.05, 0.1) is 11.1 Å². The normalized spacial score (nSPS) is 11.3. The zero-order valence-corrected chi connectivity index (χ0v) is 12.1. The molecule has 0 unspecified atom stereocenters. The molecule has 2 amide bonds. The van der Waals surface area contributed by atoms with E-state index < -0.39 is 23.6 Å². The van der Waals surface area contributed by atoms with Crippen molar-refractivity contribution in [3.63, 3.8) is 0 Å². The number of hydrogen-bond acceptors (Lipinski definition) is 3. The van der Waals surface area contributed by atoms with Crippen molar-refractivity contribution in [3.05, 3.63) is 51.9 Å². The van der Waals surface area contributed by atoms with E-state index in [1.54, 1.807) is 6.92 Å². The quantitative estimate of drug-likeness (QED) is 0.841. The highest BCUT2D eigenvalue weighted by Gasteiger charge is 2.31. The lowest BCUT2D eigenvalue weighted by molar-refractivity contribution is -0.137. The SMILES string of the molecule is Cc1cc(C(=O)c2cccc(C(F)(F)F)c2)c(NC(N)=O)s1. The Kier molecular flexibility index (Phi) is 4.23. The Bertz CT molecular complexity index is 738. The van der Waals surface area contributed by atoms with E-state index >= 15 is 0 Å². The average Bonchev–Trinajstić information content (AvgIpc) is 2.77. The van der Waals surface area contributed by atoms with Crippen LogP contribution in [0.3, 0.4) is 0 Å². The number of alkyl halides is 3. The summed E-state index contributed by atoms with van der Waals surface area (Å²) in [7, 11) is 0. The van der Waals surface area contributed by atoms with Gasteiger partial charge in [-0.15, -0.1) is 11.3 Å². The van der Waals surface area contributed by atoms with Gasteiger partial charge in [0.2, 0.25) is 0 Å². The summed E-state index contributed by atoms with van der Waals surface area (Å²) in [5.41, 5.74) is 4.11. The highest BCUT2D eigenvalue weighted by atomic mass is 32.1. The van der Waals surface area contributed by atoms with Gasteiger partial charge >= 0.3 is 12.2 Å². The number of aryl methyl sites for hydroxylation is 1. The summed E-state index contributed by atoms with van der Waals surface area (Å²) < 4.78 is 38.1. The first-order valence-corrected chi connectivity index (χ1v) is 6.89. The number of amides is 2. The van der Waals surface area contributed by atoms with E-state index in [0.717, 1.165) is 34.4 Å². The number of primary amides is 1. The van der Waals surface area contributed by atoms with Crippen molar-refractivity contribution in [3.8, 4) is 0 Å². The van der Waals surface area contributed by atoms with Crippen molar-refractivity contribution < 1.29 is 22.8 Å². The summed E-state index contributed by atoms with van der Waals surface area (Å²) in [6, 6.07) is 4.77. The molecule has 1 aromatic carbocycles. The minimum atomic E-state index is -4.53. The largest absolute Gasteiger partial charge is 0.416 e. The summed E-state index contributed by atoms with van der Waals surface area (Å²) in [5.74, 6) is -0.612. The second-order valence-corrected chi connectivity index (χ2v) is 5.75. The molecule has 0 aliphatic heterocycles. The highest BCUT2D eigenvalue weighted by Crippen LogP contribution is 2.32. The maximum absolute atomic E-state index is 12.7. The van der Waals surface area contributed by atoms with Crippen LogP contribution < -0.4 is 11.1 Å². The Labute approximate surface area is 127 Å². The summed E-state index contributed by atoms with van der Waals surface area (Å²) in [5, 5.41) is 2.52. The van der Waals surface area contributed by atoms with Gasteiger partial charge in [-0.1, -0.05) is 12.1 Å². The average molecular weight is 328 g/mol. The van der Waals surface area contributed by atoms with Crippen molar-refractivity contribution >= 4 is 28.2 Å². The first-order chi connectivity index (χ1) is 10.2. The van der Waals surface area contributed by atoms with E-state index in [0.29, 0.717) is 0 Å². The topological polar surface area (TPSA) is 72.2 Å². The first kappa shape index (κ1) is 16.0. The van der Waals surface area contributed by atoms with Crippen LogP contribution in [0.25, 0.3) is 0 Å². The molecule has 0 aliphatic carbocycles. The van der Waals surface area contributed by atoms with Gasteiger partial charge < -0.3 is 5.73 Å². The van der Waals surface area contributed by atoms with Gasteiger partial charge in [-0.3, -0.25) is 10.1 Å². The van der Waals surface area contributed by atoms with Crippen molar-refractivity contribution in [2.24, 2.45) is 5.73 Å². The lowest BCUT2D eigenvalue weighted by atomic mass is 10.0. The molecule has 0 atom stereocenters. The number of rotatable bonds is 3. The van der Waals surface area contributed by atoms with E-state index in [1.807, 2.05) is 0 Å². The third kappa shape index (κ3) is 3.45. The summed E-state index contributed by atoms with van der Waals surface area (Å²) in [6.07, 6.45) is -4.53. The monoisotopic (exact) mass is 328 g/mol. The molecule has 0 saturated carbocycles. The van der Waals surface area contributed by atoms with Gasteiger partial charge in [-0.25, -0.2) is 4.79 Å². The lowest BCUT2D eigenvalue weighted by Crippen LogP contribution is -2.20. The molecule has 0 spiro atoms. The van der Waals surface area contributed by atoms with Gasteiger partial charge in [0.1, 0.15) is 5.00 Å². The third-order valence-electron chi connectivity index (χ3n) is 2.79. The fourth-order valence-corrected chi connectivity index (χ4v) is 2.79. The van der Waals surface area contributed by atoms with E-state index in [1.165, 1.54) is 12.1 Å². The van der Waals surface area contributed by atoms with Gasteiger partial charge in [0.25, 0.3) is 0 Å². The summed E-state index contributed by atoms with van der Waals surface area (Å²) >= 11 is 1.12. The highest BCUT2D eigenvalue weighted by molar-refractivity contribution is 7.16. The standard InChI is InChI=1S/C14H11F3N2O2S/c1-7-5-10(12(22-7)19-13(18)21)11(20)8-3-2-4-9(6-8)14(15,16)17/h2-6H,1H3,(H3,18,19,21). The number of benzene rings is 1. The van der Waals surface area contributed by atoms with Crippen LogP contribution in [0.1, 0.15) is 26.4 Å². The Morgan fingerprint density at radius 2 is 1.91 bits per heavy atom. The summed E-state index contributed by atoms with van der Waals surface area (Å²) in [4.78, 5) is 24.0. The number of carbonyl (C=O) groups excluding carboxylic acids is 2. The molecule has 2 rings (SSSR count). The van der Waals surface area contributed by atoms with Gasteiger partial charge in [0.15, 0.2) is 5.78 Å². The molecule has 8 heteroatoms. The molecule has 1 heterocycles. The molecule has 0 fully saturated rings. The minimum Gasteiger partial charge on any atom is -0.351 e. The van der Waals surface area contributed by atoms with Crippen molar-refractivity contribution in [1.82, 2.24) is 0 Å². The van der Waals surface area contributed by atoms with Crippen LogP contribution in [-0.4, -0.2) is 11.8 Å². The smallest absolute Gasteiger partial charge is 0.351 e. The fraction of sp³-hybridized carbons (Fsp3) is 0.143. The number of nitrogens with one attached hydrogen (secondary N) is 1. The number of ketones is 1. The van der Waals surface area contributed by atoms with Gasteiger partial charge in [-0.05, 0) is 25.1 Å². The minimum absolute atomic E-state index is 0.111. The Hall–Kier alpha value is -2.35.